The van der Waals surface area contributed by atoms with Crippen molar-refractivity contribution >= 4 is 16.5 Å². The van der Waals surface area contributed by atoms with Gasteiger partial charge in [-0.2, -0.15) is 0 Å². The molecular formula is C9H16N4OS. The van der Waals surface area contributed by atoms with Crippen LogP contribution >= 0.6 is 11.5 Å². The maximum Gasteiger partial charge on any atom is 0.132 e. The molecule has 1 aromatic heterocycles. The first kappa shape index (κ1) is 10.8. The fourth-order valence-corrected chi connectivity index (χ4v) is 2.43. The molecular weight excluding hydrogens is 212 g/mol. The molecule has 1 unspecified atom stereocenters. The Bertz CT molecular complexity index is 339. The minimum absolute atomic E-state index is 0.573. The number of anilines is 1. The Labute approximate surface area is 93.1 Å². The van der Waals surface area contributed by atoms with Gasteiger partial charge in [0.15, 0.2) is 0 Å². The minimum atomic E-state index is -0.573. The molecule has 0 amide bonds. The largest absolute Gasteiger partial charge is 0.389 e. The molecule has 1 fully saturated rings. The average molecular weight is 228 g/mol. The molecule has 0 aliphatic carbocycles. The Balaban J connectivity index is 1.98. The standard InChI is InChI=1S/C9H16N4OS/c1-9(14)3-2-4-13(6-9)5-7-8(10)15-12-11-7/h14H,2-6,10H2,1H3. The molecule has 6 heteroatoms. The Morgan fingerprint density at radius 2 is 2.47 bits per heavy atom. The van der Waals surface area contributed by atoms with E-state index in [1.54, 1.807) is 0 Å². The van der Waals surface area contributed by atoms with Crippen LogP contribution in [0.3, 0.4) is 0 Å². The van der Waals surface area contributed by atoms with E-state index < -0.39 is 5.60 Å². The summed E-state index contributed by atoms with van der Waals surface area (Å²) in [7, 11) is 0. The van der Waals surface area contributed by atoms with Crippen molar-refractivity contribution in [1.82, 2.24) is 14.5 Å². The fraction of sp³-hybridized carbons (Fsp3) is 0.778. The Hall–Kier alpha value is -0.720. The van der Waals surface area contributed by atoms with Crippen LogP contribution in [0.1, 0.15) is 25.5 Å². The van der Waals surface area contributed by atoms with Gasteiger partial charge >= 0.3 is 0 Å². The lowest BCUT2D eigenvalue weighted by Crippen LogP contribution is -2.45. The summed E-state index contributed by atoms with van der Waals surface area (Å²) >= 11 is 1.22. The molecule has 84 valence electrons. The zero-order valence-electron chi connectivity index (χ0n) is 8.81. The van der Waals surface area contributed by atoms with Crippen molar-refractivity contribution < 1.29 is 5.11 Å². The summed E-state index contributed by atoms with van der Waals surface area (Å²) in [6.45, 7) is 4.25. The Morgan fingerprint density at radius 3 is 3.07 bits per heavy atom. The average Bonchev–Trinajstić information content (AvgIpc) is 2.50. The molecule has 15 heavy (non-hydrogen) atoms. The monoisotopic (exact) mass is 228 g/mol. The number of hydrogen-bond acceptors (Lipinski definition) is 6. The molecule has 1 aliphatic rings. The number of β-amino-alcohol motifs (C(OH)–C–C–N with tert-alkyl or cyclic N) is 1. The van der Waals surface area contributed by atoms with E-state index in [1.807, 2.05) is 6.92 Å². The first-order valence-corrected chi connectivity index (χ1v) is 5.86. The summed E-state index contributed by atoms with van der Waals surface area (Å²) in [5.41, 5.74) is 5.99. The van der Waals surface area contributed by atoms with Gasteiger partial charge in [0.05, 0.1) is 5.60 Å². The molecule has 3 N–H and O–H groups in total. The molecule has 0 saturated carbocycles. The van der Waals surface area contributed by atoms with Gasteiger partial charge in [0, 0.05) is 24.6 Å². The first-order chi connectivity index (χ1) is 7.07. The molecule has 1 saturated heterocycles. The van der Waals surface area contributed by atoms with Gasteiger partial charge in [-0.1, -0.05) is 4.49 Å². The molecule has 0 bridgehead atoms. The van der Waals surface area contributed by atoms with E-state index in [4.69, 9.17) is 5.73 Å². The molecule has 5 nitrogen and oxygen atoms in total. The number of hydrogen-bond donors (Lipinski definition) is 2. The zero-order valence-corrected chi connectivity index (χ0v) is 9.63. The van der Waals surface area contributed by atoms with Gasteiger partial charge in [0.1, 0.15) is 10.7 Å². The van der Waals surface area contributed by atoms with Crippen LogP contribution in [0, 0.1) is 0 Å². The number of aliphatic hydroxyl groups is 1. The van der Waals surface area contributed by atoms with Crippen LogP contribution in [0.15, 0.2) is 0 Å². The SMILES string of the molecule is CC1(O)CCCN(Cc2nnsc2N)C1. The van der Waals surface area contributed by atoms with Crippen molar-refractivity contribution in [3.63, 3.8) is 0 Å². The van der Waals surface area contributed by atoms with Crippen molar-refractivity contribution in [3.8, 4) is 0 Å². The smallest absolute Gasteiger partial charge is 0.132 e. The quantitative estimate of drug-likeness (QED) is 0.769. The number of piperidine rings is 1. The van der Waals surface area contributed by atoms with Gasteiger partial charge in [-0.25, -0.2) is 0 Å². The van der Waals surface area contributed by atoms with Gasteiger partial charge in [-0.05, 0) is 26.3 Å². The van der Waals surface area contributed by atoms with E-state index in [2.05, 4.69) is 14.5 Å². The van der Waals surface area contributed by atoms with E-state index in [9.17, 15) is 5.11 Å². The second-order valence-electron chi connectivity index (χ2n) is 4.40. The summed E-state index contributed by atoms with van der Waals surface area (Å²) in [5.74, 6) is 0. The van der Waals surface area contributed by atoms with Crippen molar-refractivity contribution in [2.24, 2.45) is 0 Å². The lowest BCUT2D eigenvalue weighted by atomic mass is 9.95. The number of rotatable bonds is 2. The normalized spacial score (nSPS) is 28.1. The topological polar surface area (TPSA) is 75.3 Å². The summed E-state index contributed by atoms with van der Waals surface area (Å²) < 4.78 is 3.80. The van der Waals surface area contributed by atoms with Crippen molar-refractivity contribution in [1.29, 1.82) is 0 Å². The van der Waals surface area contributed by atoms with Crippen molar-refractivity contribution in [2.45, 2.75) is 31.9 Å². The van der Waals surface area contributed by atoms with Crippen LogP contribution in [0.2, 0.25) is 0 Å². The molecule has 2 heterocycles. The second-order valence-corrected chi connectivity index (χ2v) is 5.18. The third-order valence-electron chi connectivity index (χ3n) is 2.71. The van der Waals surface area contributed by atoms with E-state index in [1.165, 1.54) is 11.5 Å². The highest BCUT2D eigenvalue weighted by atomic mass is 32.1. The van der Waals surface area contributed by atoms with E-state index >= 15 is 0 Å². The summed E-state index contributed by atoms with van der Waals surface area (Å²) in [5, 5.41) is 14.6. The highest BCUT2D eigenvalue weighted by Gasteiger charge is 2.28. The van der Waals surface area contributed by atoms with Crippen LogP contribution in [0.5, 0.6) is 0 Å². The molecule has 1 atom stereocenters. The third-order valence-corrected chi connectivity index (χ3v) is 3.31. The summed E-state index contributed by atoms with van der Waals surface area (Å²) in [6, 6.07) is 0. The third kappa shape index (κ3) is 2.64. The molecule has 0 aromatic carbocycles. The van der Waals surface area contributed by atoms with Crippen LogP contribution in [0.4, 0.5) is 5.00 Å². The number of nitrogens with zero attached hydrogens (tertiary/aromatic N) is 3. The van der Waals surface area contributed by atoms with Crippen molar-refractivity contribution in [2.75, 3.05) is 18.8 Å². The predicted octanol–water partition coefficient (Wildman–Crippen LogP) is 0.467. The van der Waals surface area contributed by atoms with Gasteiger partial charge < -0.3 is 10.8 Å². The summed E-state index contributed by atoms with van der Waals surface area (Å²) in [4.78, 5) is 2.18. The number of nitrogen functional groups attached to an aromatic ring is 1. The number of likely N-dealkylation sites (tertiary alicyclic amines) is 1. The first-order valence-electron chi connectivity index (χ1n) is 5.08. The second kappa shape index (κ2) is 4.03. The Morgan fingerprint density at radius 1 is 1.67 bits per heavy atom. The number of aromatic nitrogens is 2. The highest BCUT2D eigenvalue weighted by molar-refractivity contribution is 7.09. The fourth-order valence-electron chi connectivity index (χ4n) is 2.00. The molecule has 2 rings (SSSR count). The molecule has 1 aliphatic heterocycles. The highest BCUT2D eigenvalue weighted by Crippen LogP contribution is 2.23. The maximum atomic E-state index is 9.94. The van der Waals surface area contributed by atoms with Crippen LogP contribution in [-0.2, 0) is 6.54 Å². The molecule has 0 spiro atoms. The van der Waals surface area contributed by atoms with Crippen LogP contribution in [0.25, 0.3) is 0 Å². The predicted molar refractivity (Wildman–Crippen MR) is 59.5 cm³/mol. The van der Waals surface area contributed by atoms with E-state index in [-0.39, 0.29) is 0 Å². The lowest BCUT2D eigenvalue weighted by Gasteiger charge is -2.36. The minimum Gasteiger partial charge on any atom is -0.389 e. The van der Waals surface area contributed by atoms with Crippen LogP contribution in [-0.4, -0.2) is 38.3 Å². The van der Waals surface area contributed by atoms with E-state index in [0.29, 0.717) is 18.1 Å². The molecule has 1 aromatic rings. The number of nitrogens with two attached hydrogens (primary N) is 1. The van der Waals surface area contributed by atoms with Gasteiger partial charge in [-0.3, -0.25) is 4.90 Å². The Kier molecular flexibility index (Phi) is 2.90. The maximum absolute atomic E-state index is 9.94. The van der Waals surface area contributed by atoms with E-state index in [0.717, 1.165) is 25.1 Å². The lowest BCUT2D eigenvalue weighted by molar-refractivity contribution is -0.0184. The molecule has 0 radical (unpaired) electrons. The van der Waals surface area contributed by atoms with Gasteiger partial charge in [0.2, 0.25) is 0 Å². The van der Waals surface area contributed by atoms with Crippen LogP contribution < -0.4 is 5.73 Å². The summed E-state index contributed by atoms with van der Waals surface area (Å²) in [6.07, 6.45) is 1.89. The zero-order chi connectivity index (χ0) is 10.9. The van der Waals surface area contributed by atoms with Crippen molar-refractivity contribution in [3.05, 3.63) is 5.69 Å². The van der Waals surface area contributed by atoms with Gasteiger partial charge in [-0.15, -0.1) is 5.10 Å². The van der Waals surface area contributed by atoms with Gasteiger partial charge in [0.25, 0.3) is 0 Å².